The predicted octanol–water partition coefficient (Wildman–Crippen LogP) is 3.82. The lowest BCUT2D eigenvalue weighted by atomic mass is 9.90. The Morgan fingerprint density at radius 3 is 2.92 bits per heavy atom. The Labute approximate surface area is 161 Å². The lowest BCUT2D eigenvalue weighted by Crippen LogP contribution is -2.19. The van der Waals surface area contributed by atoms with Crippen LogP contribution in [0.2, 0.25) is 0 Å². The number of alkyl halides is 1. The minimum absolute atomic E-state index is 0.0869. The fourth-order valence-electron chi connectivity index (χ4n) is 3.37. The van der Waals surface area contributed by atoms with E-state index in [9.17, 15) is 9.90 Å². The number of carboxylic acid groups (broad SMARTS) is 1. The Hall–Kier alpha value is -1.87. The Bertz CT molecular complexity index is 811. The molecule has 2 N–H and O–H groups in total. The van der Waals surface area contributed by atoms with E-state index in [-0.39, 0.29) is 17.2 Å². The van der Waals surface area contributed by atoms with Gasteiger partial charge < -0.3 is 10.2 Å². The van der Waals surface area contributed by atoms with Gasteiger partial charge in [0.25, 0.3) is 0 Å². The highest BCUT2D eigenvalue weighted by Crippen LogP contribution is 2.39. The molecule has 0 aliphatic heterocycles. The van der Waals surface area contributed by atoms with Crippen molar-refractivity contribution < 1.29 is 15.0 Å². The van der Waals surface area contributed by atoms with Gasteiger partial charge in [0.15, 0.2) is 0 Å². The SMILES string of the molecule is O=C(O)c1ccc(CCCC2C(Cl)CC(O)C2C#Cc2cccnc2)s1. The van der Waals surface area contributed by atoms with Crippen LogP contribution in [-0.4, -0.2) is 32.6 Å². The van der Waals surface area contributed by atoms with Crippen molar-refractivity contribution in [3.63, 3.8) is 0 Å². The fourth-order valence-corrected chi connectivity index (χ4v) is 4.72. The average Bonchev–Trinajstić information content (AvgIpc) is 3.19. The summed E-state index contributed by atoms with van der Waals surface area (Å²) in [6.45, 7) is 0. The zero-order valence-electron chi connectivity index (χ0n) is 14.1. The minimum atomic E-state index is -0.883. The van der Waals surface area contributed by atoms with E-state index in [0.717, 1.165) is 29.7 Å². The van der Waals surface area contributed by atoms with Crippen molar-refractivity contribution in [1.29, 1.82) is 0 Å². The summed E-state index contributed by atoms with van der Waals surface area (Å²) < 4.78 is 0. The van der Waals surface area contributed by atoms with Crippen LogP contribution in [0.25, 0.3) is 0 Å². The molecule has 2 aromatic heterocycles. The maximum atomic E-state index is 11.0. The van der Waals surface area contributed by atoms with Crippen LogP contribution in [0.15, 0.2) is 36.7 Å². The molecule has 1 saturated carbocycles. The number of aromatic carboxylic acids is 1. The maximum Gasteiger partial charge on any atom is 0.345 e. The average molecular weight is 390 g/mol. The Kier molecular flexibility index (Phi) is 6.31. The summed E-state index contributed by atoms with van der Waals surface area (Å²) in [7, 11) is 0. The maximum absolute atomic E-state index is 11.0. The number of rotatable bonds is 5. The fraction of sp³-hybridized carbons (Fsp3) is 0.400. The number of carboxylic acids is 1. The van der Waals surface area contributed by atoms with Gasteiger partial charge in [0, 0.05) is 28.2 Å². The number of aromatic nitrogens is 1. The summed E-state index contributed by atoms with van der Waals surface area (Å²) in [6.07, 6.45) is 6.03. The summed E-state index contributed by atoms with van der Waals surface area (Å²) in [6, 6.07) is 7.25. The smallest absolute Gasteiger partial charge is 0.345 e. The second-order valence-corrected chi connectivity index (χ2v) is 8.21. The highest BCUT2D eigenvalue weighted by Gasteiger charge is 2.40. The van der Waals surface area contributed by atoms with Gasteiger partial charge in [0.2, 0.25) is 0 Å². The van der Waals surface area contributed by atoms with Gasteiger partial charge in [-0.05, 0) is 55.9 Å². The van der Waals surface area contributed by atoms with Gasteiger partial charge in [-0.15, -0.1) is 22.9 Å². The third-order valence-electron chi connectivity index (χ3n) is 4.68. The van der Waals surface area contributed by atoms with E-state index in [1.807, 2.05) is 18.2 Å². The number of pyridine rings is 1. The van der Waals surface area contributed by atoms with Crippen LogP contribution >= 0.6 is 22.9 Å². The highest BCUT2D eigenvalue weighted by molar-refractivity contribution is 7.13. The van der Waals surface area contributed by atoms with Crippen molar-refractivity contribution in [2.45, 2.75) is 37.2 Å². The quantitative estimate of drug-likeness (QED) is 0.602. The van der Waals surface area contributed by atoms with Crippen molar-refractivity contribution in [2.24, 2.45) is 11.8 Å². The van der Waals surface area contributed by atoms with Crippen molar-refractivity contribution in [3.8, 4) is 11.8 Å². The first kappa shape index (κ1) is 18.9. The first-order valence-corrected chi connectivity index (χ1v) is 9.85. The molecule has 1 aliphatic carbocycles. The lowest BCUT2D eigenvalue weighted by Gasteiger charge is -2.18. The molecule has 4 unspecified atom stereocenters. The van der Waals surface area contributed by atoms with E-state index in [2.05, 4.69) is 16.8 Å². The van der Waals surface area contributed by atoms with Crippen LogP contribution in [0.4, 0.5) is 0 Å². The molecule has 2 heterocycles. The van der Waals surface area contributed by atoms with Gasteiger partial charge in [-0.25, -0.2) is 4.79 Å². The first-order valence-electron chi connectivity index (χ1n) is 8.60. The van der Waals surface area contributed by atoms with Crippen LogP contribution in [0.3, 0.4) is 0 Å². The molecular formula is C20H20ClNO3S. The molecule has 3 rings (SSSR count). The third kappa shape index (κ3) is 4.64. The zero-order chi connectivity index (χ0) is 18.5. The molecule has 0 saturated heterocycles. The van der Waals surface area contributed by atoms with E-state index in [4.69, 9.17) is 16.7 Å². The normalized spacial score (nSPS) is 24.8. The van der Waals surface area contributed by atoms with Crippen molar-refractivity contribution in [2.75, 3.05) is 0 Å². The summed E-state index contributed by atoms with van der Waals surface area (Å²) in [5, 5.41) is 19.2. The molecule has 1 fully saturated rings. The number of carbonyl (C=O) groups is 1. The molecule has 0 spiro atoms. The van der Waals surface area contributed by atoms with Crippen LogP contribution in [0.5, 0.6) is 0 Å². The van der Waals surface area contributed by atoms with E-state index in [1.54, 1.807) is 18.5 Å². The molecule has 0 bridgehead atoms. The van der Waals surface area contributed by atoms with Crippen LogP contribution in [0.1, 0.15) is 39.4 Å². The van der Waals surface area contributed by atoms with Gasteiger partial charge in [0.05, 0.1) is 12.0 Å². The topological polar surface area (TPSA) is 70.4 Å². The van der Waals surface area contributed by atoms with E-state index in [0.29, 0.717) is 11.3 Å². The second-order valence-electron chi connectivity index (χ2n) is 6.48. The highest BCUT2D eigenvalue weighted by atomic mass is 35.5. The molecule has 4 nitrogen and oxygen atoms in total. The van der Waals surface area contributed by atoms with E-state index >= 15 is 0 Å². The predicted molar refractivity (Wildman–Crippen MR) is 103 cm³/mol. The molecule has 0 amide bonds. The van der Waals surface area contributed by atoms with Gasteiger partial charge in [-0.1, -0.05) is 11.8 Å². The number of halogens is 1. The molecule has 2 aromatic rings. The largest absolute Gasteiger partial charge is 0.477 e. The summed E-state index contributed by atoms with van der Waals surface area (Å²) in [5.74, 6) is 5.40. The Morgan fingerprint density at radius 2 is 2.23 bits per heavy atom. The monoisotopic (exact) mass is 389 g/mol. The Balaban J connectivity index is 1.61. The summed E-state index contributed by atoms with van der Waals surface area (Å²) in [4.78, 5) is 16.4. The number of hydrogen-bond acceptors (Lipinski definition) is 4. The lowest BCUT2D eigenvalue weighted by molar-refractivity contribution is 0.0702. The Morgan fingerprint density at radius 1 is 1.38 bits per heavy atom. The van der Waals surface area contributed by atoms with Crippen LogP contribution in [-0.2, 0) is 6.42 Å². The van der Waals surface area contributed by atoms with Crippen molar-refractivity contribution >= 4 is 28.9 Å². The van der Waals surface area contributed by atoms with Gasteiger partial charge >= 0.3 is 5.97 Å². The van der Waals surface area contributed by atoms with E-state index in [1.165, 1.54) is 11.3 Å². The van der Waals surface area contributed by atoms with Gasteiger partial charge in [0.1, 0.15) is 4.88 Å². The molecule has 0 radical (unpaired) electrons. The molecule has 6 heteroatoms. The molecular weight excluding hydrogens is 370 g/mol. The number of aryl methyl sites for hydroxylation is 1. The molecule has 4 atom stereocenters. The second kappa shape index (κ2) is 8.68. The van der Waals surface area contributed by atoms with Gasteiger partial charge in [-0.3, -0.25) is 4.98 Å². The number of aliphatic hydroxyl groups excluding tert-OH is 1. The molecule has 1 aliphatic rings. The molecule has 136 valence electrons. The van der Waals surface area contributed by atoms with Crippen molar-refractivity contribution in [3.05, 3.63) is 52.0 Å². The molecule has 0 aromatic carbocycles. The number of thiophene rings is 1. The third-order valence-corrected chi connectivity index (χ3v) is 6.32. The summed E-state index contributed by atoms with van der Waals surface area (Å²) in [5.41, 5.74) is 0.830. The standard InChI is InChI=1S/C20H20ClNO3S/c21-17-11-18(23)16(8-6-13-3-2-10-22-12-13)15(17)5-1-4-14-7-9-19(26-14)20(24)25/h2-3,7,9-10,12,15-18,23H,1,4-5,11H2,(H,24,25). The summed E-state index contributed by atoms with van der Waals surface area (Å²) >= 11 is 7.78. The number of aliphatic hydroxyl groups is 1. The van der Waals surface area contributed by atoms with Crippen LogP contribution < -0.4 is 0 Å². The molecule has 26 heavy (non-hydrogen) atoms. The number of nitrogens with zero attached hydrogens (tertiary/aromatic N) is 1. The van der Waals surface area contributed by atoms with Crippen molar-refractivity contribution in [1.82, 2.24) is 4.98 Å². The first-order chi connectivity index (χ1) is 12.5. The van der Waals surface area contributed by atoms with E-state index < -0.39 is 12.1 Å². The minimum Gasteiger partial charge on any atom is -0.477 e. The van der Waals surface area contributed by atoms with Gasteiger partial charge in [-0.2, -0.15) is 0 Å². The zero-order valence-corrected chi connectivity index (χ0v) is 15.7. The number of hydrogen-bond donors (Lipinski definition) is 2. The van der Waals surface area contributed by atoms with Crippen LogP contribution in [0, 0.1) is 23.7 Å².